The molecular formula is C23H25FN4O2. The van der Waals surface area contributed by atoms with Gasteiger partial charge in [0.1, 0.15) is 5.82 Å². The van der Waals surface area contributed by atoms with Gasteiger partial charge in [0.15, 0.2) is 0 Å². The molecule has 3 heterocycles. The third-order valence-electron chi connectivity index (χ3n) is 5.61. The summed E-state index contributed by atoms with van der Waals surface area (Å²) in [5.41, 5.74) is 4.57. The summed E-state index contributed by atoms with van der Waals surface area (Å²) in [5.74, 6) is 0.732. The summed E-state index contributed by atoms with van der Waals surface area (Å²) in [6.07, 6.45) is 3.54. The number of rotatable bonds is 7. The Labute approximate surface area is 174 Å². The van der Waals surface area contributed by atoms with E-state index in [9.17, 15) is 9.18 Å². The fourth-order valence-corrected chi connectivity index (χ4v) is 3.73. The summed E-state index contributed by atoms with van der Waals surface area (Å²) in [7, 11) is 1.64. The molecule has 0 N–H and O–H groups in total. The topological polar surface area (TPSA) is 69.9 Å². The van der Waals surface area contributed by atoms with Crippen LogP contribution in [0.25, 0.3) is 0 Å². The highest BCUT2D eigenvalue weighted by Crippen LogP contribution is 2.46. The minimum absolute atomic E-state index is 0.111. The first-order chi connectivity index (χ1) is 14.4. The fourth-order valence-electron chi connectivity index (χ4n) is 3.73. The van der Waals surface area contributed by atoms with Crippen molar-refractivity contribution in [3.05, 3.63) is 80.9 Å². The molecule has 7 heteroatoms. The van der Waals surface area contributed by atoms with E-state index in [1.165, 1.54) is 16.9 Å². The van der Waals surface area contributed by atoms with Crippen molar-refractivity contribution in [3.63, 3.8) is 0 Å². The second-order valence-corrected chi connectivity index (χ2v) is 7.95. The maximum Gasteiger partial charge on any atom is 0.269 e. The molecular weight excluding hydrogens is 383 g/mol. The number of hydrogen-bond acceptors (Lipinski definition) is 5. The fraction of sp³-hybridized carbons (Fsp3) is 0.391. The zero-order chi connectivity index (χ0) is 21.3. The molecule has 1 aliphatic carbocycles. The van der Waals surface area contributed by atoms with Gasteiger partial charge < -0.3 is 4.74 Å². The van der Waals surface area contributed by atoms with Crippen LogP contribution in [0.5, 0.6) is 5.88 Å². The van der Waals surface area contributed by atoms with Gasteiger partial charge in [0.25, 0.3) is 5.56 Å². The average Bonchev–Trinajstić information content (AvgIpc) is 3.49. The van der Waals surface area contributed by atoms with Crippen molar-refractivity contribution in [2.45, 2.75) is 39.0 Å². The predicted octanol–water partition coefficient (Wildman–Crippen LogP) is 3.29. The van der Waals surface area contributed by atoms with Crippen LogP contribution in [-0.4, -0.2) is 26.4 Å². The highest BCUT2D eigenvalue weighted by Gasteiger charge is 2.40. The number of aryl methyl sites for hydroxylation is 5. The summed E-state index contributed by atoms with van der Waals surface area (Å²) in [5, 5.41) is 4.23. The largest absolute Gasteiger partial charge is 0.476 e. The van der Waals surface area contributed by atoms with Crippen LogP contribution in [0.2, 0.25) is 0 Å². The lowest BCUT2D eigenvalue weighted by atomic mass is 10.0. The summed E-state index contributed by atoms with van der Waals surface area (Å²) in [6, 6.07) is 8.96. The number of ether oxygens (including phenoxy) is 1. The molecule has 0 bridgehead atoms. The number of halogens is 1. The zero-order valence-corrected chi connectivity index (χ0v) is 17.4. The van der Waals surface area contributed by atoms with Gasteiger partial charge in [-0.25, -0.2) is 9.07 Å². The van der Waals surface area contributed by atoms with Gasteiger partial charge >= 0.3 is 0 Å². The molecule has 0 saturated heterocycles. The molecule has 3 aromatic rings. The molecule has 3 aromatic heterocycles. The summed E-state index contributed by atoms with van der Waals surface area (Å²) < 4.78 is 20.2. The van der Waals surface area contributed by atoms with Crippen LogP contribution >= 0.6 is 0 Å². The SMILES string of the molecule is Cc1ccc(CCc2cc(OC[C@H]3C[C@@H]3c3ccc(F)cn3)nn(C)c2=O)c(C)n1. The Morgan fingerprint density at radius 2 is 1.97 bits per heavy atom. The molecule has 0 radical (unpaired) electrons. The van der Waals surface area contributed by atoms with Crippen molar-refractivity contribution in [2.75, 3.05) is 6.61 Å². The van der Waals surface area contributed by atoms with Crippen molar-refractivity contribution in [3.8, 4) is 5.88 Å². The lowest BCUT2D eigenvalue weighted by molar-refractivity contribution is 0.277. The standard InChI is InChI=1S/C23H25FN4O2/c1-14-4-5-16(15(2)26-14)6-7-17-11-22(27-28(3)23(17)29)30-13-18-10-20(18)21-9-8-19(24)12-25-21/h4-5,8-9,11-12,18,20H,6-7,10,13H2,1-3H3/t18-,20+/m1/s1. The van der Waals surface area contributed by atoms with Crippen molar-refractivity contribution in [1.82, 2.24) is 19.7 Å². The lowest BCUT2D eigenvalue weighted by Gasteiger charge is -2.10. The third-order valence-corrected chi connectivity index (χ3v) is 5.61. The molecule has 4 rings (SSSR count). The number of pyridine rings is 2. The highest BCUT2D eigenvalue weighted by atomic mass is 19.1. The van der Waals surface area contributed by atoms with Crippen molar-refractivity contribution >= 4 is 0 Å². The average molecular weight is 408 g/mol. The van der Waals surface area contributed by atoms with Crippen molar-refractivity contribution in [2.24, 2.45) is 13.0 Å². The molecule has 1 aliphatic rings. The highest BCUT2D eigenvalue weighted by molar-refractivity contribution is 5.25. The quantitative estimate of drug-likeness (QED) is 0.600. The van der Waals surface area contributed by atoms with Gasteiger partial charge in [-0.3, -0.25) is 14.8 Å². The predicted molar refractivity (Wildman–Crippen MR) is 111 cm³/mol. The molecule has 0 amide bonds. The lowest BCUT2D eigenvalue weighted by Crippen LogP contribution is -2.24. The van der Waals surface area contributed by atoms with Gasteiger partial charge in [0.05, 0.1) is 12.8 Å². The van der Waals surface area contributed by atoms with Crippen molar-refractivity contribution in [1.29, 1.82) is 0 Å². The Bertz CT molecular complexity index is 1110. The number of aromatic nitrogens is 4. The monoisotopic (exact) mass is 408 g/mol. The summed E-state index contributed by atoms with van der Waals surface area (Å²) in [6.45, 7) is 4.45. The van der Waals surface area contributed by atoms with Gasteiger partial charge in [-0.05, 0) is 56.9 Å². The summed E-state index contributed by atoms with van der Waals surface area (Å²) in [4.78, 5) is 21.1. The molecule has 156 valence electrons. The van der Waals surface area contributed by atoms with E-state index < -0.39 is 0 Å². The van der Waals surface area contributed by atoms with E-state index in [1.807, 2.05) is 19.9 Å². The second-order valence-electron chi connectivity index (χ2n) is 7.95. The first-order valence-electron chi connectivity index (χ1n) is 10.2. The van der Waals surface area contributed by atoms with Gasteiger partial charge in [0.2, 0.25) is 5.88 Å². The van der Waals surface area contributed by atoms with Crippen LogP contribution in [0.15, 0.2) is 41.3 Å². The Hall–Kier alpha value is -3.09. The first kappa shape index (κ1) is 20.2. The molecule has 2 atom stereocenters. The Balaban J connectivity index is 1.39. The van der Waals surface area contributed by atoms with Gasteiger partial charge in [-0.15, -0.1) is 5.10 Å². The second kappa shape index (κ2) is 8.34. The molecule has 0 spiro atoms. The molecule has 0 unspecified atom stereocenters. The van der Waals surface area contributed by atoms with E-state index in [-0.39, 0.29) is 17.3 Å². The zero-order valence-electron chi connectivity index (χ0n) is 17.4. The molecule has 1 saturated carbocycles. The maximum absolute atomic E-state index is 13.0. The van der Waals surface area contributed by atoms with E-state index in [2.05, 4.69) is 21.1 Å². The molecule has 0 aromatic carbocycles. The maximum atomic E-state index is 13.0. The van der Waals surface area contributed by atoms with Crippen LogP contribution in [0.4, 0.5) is 4.39 Å². The van der Waals surface area contributed by atoms with Crippen LogP contribution < -0.4 is 10.3 Å². The number of hydrogen-bond donors (Lipinski definition) is 0. The van der Waals surface area contributed by atoms with E-state index in [0.29, 0.717) is 30.4 Å². The molecule has 1 fully saturated rings. The van der Waals surface area contributed by atoms with Gasteiger partial charge in [-0.1, -0.05) is 6.07 Å². The van der Waals surface area contributed by atoms with Gasteiger partial charge in [0, 0.05) is 47.6 Å². The smallest absolute Gasteiger partial charge is 0.269 e. The van der Waals surface area contributed by atoms with E-state index in [1.54, 1.807) is 19.2 Å². The molecule has 30 heavy (non-hydrogen) atoms. The minimum atomic E-state index is -0.328. The van der Waals surface area contributed by atoms with Gasteiger partial charge in [-0.2, -0.15) is 0 Å². The van der Waals surface area contributed by atoms with E-state index in [4.69, 9.17) is 4.74 Å². The third kappa shape index (κ3) is 4.56. The van der Waals surface area contributed by atoms with Crippen LogP contribution in [0, 0.1) is 25.6 Å². The van der Waals surface area contributed by atoms with E-state index >= 15 is 0 Å². The Morgan fingerprint density at radius 3 is 2.70 bits per heavy atom. The number of nitrogens with zero attached hydrogens (tertiary/aromatic N) is 4. The Morgan fingerprint density at radius 1 is 1.17 bits per heavy atom. The first-order valence-corrected chi connectivity index (χ1v) is 10.2. The minimum Gasteiger partial charge on any atom is -0.476 e. The van der Waals surface area contributed by atoms with Crippen molar-refractivity contribution < 1.29 is 9.13 Å². The summed E-state index contributed by atoms with van der Waals surface area (Å²) >= 11 is 0. The van der Waals surface area contributed by atoms with E-state index in [0.717, 1.165) is 35.5 Å². The van der Waals surface area contributed by atoms with Crippen LogP contribution in [0.1, 0.15) is 40.5 Å². The molecule has 0 aliphatic heterocycles. The van der Waals surface area contributed by atoms with Crippen LogP contribution in [0.3, 0.4) is 0 Å². The normalized spacial score (nSPS) is 17.7. The van der Waals surface area contributed by atoms with Crippen LogP contribution in [-0.2, 0) is 19.9 Å². The Kier molecular flexibility index (Phi) is 5.61. The molecule has 6 nitrogen and oxygen atoms in total.